The van der Waals surface area contributed by atoms with Gasteiger partial charge in [-0.15, -0.1) is 5.10 Å². The number of aliphatic hydroxyl groups is 1. The summed E-state index contributed by atoms with van der Waals surface area (Å²) in [5.74, 6) is -1.43. The van der Waals surface area contributed by atoms with Crippen LogP contribution in [-0.2, 0) is 28.2 Å². The summed E-state index contributed by atoms with van der Waals surface area (Å²) >= 11 is 0. The van der Waals surface area contributed by atoms with Crippen molar-refractivity contribution in [1.29, 1.82) is 0 Å². The molecule has 2 aliphatic heterocycles. The van der Waals surface area contributed by atoms with Crippen LogP contribution in [0.25, 0.3) is 16.6 Å². The van der Waals surface area contributed by atoms with Crippen LogP contribution >= 0.6 is 0 Å². The molecule has 55 heavy (non-hydrogen) atoms. The van der Waals surface area contributed by atoms with Gasteiger partial charge in [0, 0.05) is 41.9 Å². The van der Waals surface area contributed by atoms with Crippen LogP contribution in [0.1, 0.15) is 41.6 Å². The van der Waals surface area contributed by atoms with Crippen molar-refractivity contribution < 1.29 is 23.7 Å². The Labute approximate surface area is 316 Å². The number of amides is 1. The summed E-state index contributed by atoms with van der Waals surface area (Å²) in [5.41, 5.74) is 1.71. The Kier molecular flexibility index (Phi) is 9.10. The van der Waals surface area contributed by atoms with Gasteiger partial charge in [-0.05, 0) is 61.0 Å². The number of nitrogens with zero attached hydrogens (tertiary/aromatic N) is 6. The lowest BCUT2D eigenvalue weighted by Gasteiger charge is -2.31. The number of carbonyl (C=O) groups is 1. The third-order valence-corrected chi connectivity index (χ3v) is 13.7. The molecule has 0 saturated carbocycles. The number of nitro groups is 1. The predicted octanol–water partition coefficient (Wildman–Crippen LogP) is 6.35. The van der Waals surface area contributed by atoms with Gasteiger partial charge in [0.2, 0.25) is 8.41 Å². The number of rotatable bonds is 11. The van der Waals surface area contributed by atoms with Crippen LogP contribution in [0.2, 0.25) is 18.6 Å². The van der Waals surface area contributed by atoms with Crippen LogP contribution < -0.4 is 10.5 Å². The van der Waals surface area contributed by atoms with Gasteiger partial charge in [0.15, 0.2) is 5.60 Å². The predicted molar refractivity (Wildman–Crippen MR) is 206 cm³/mol. The number of nitrogens with one attached hydrogen (secondary N) is 1. The summed E-state index contributed by atoms with van der Waals surface area (Å²) in [6, 6.07) is 28.3. The number of non-ortho nitro benzene ring substituents is 1. The summed E-state index contributed by atoms with van der Waals surface area (Å²) in [7, 11) is -3.52. The van der Waals surface area contributed by atoms with E-state index in [0.717, 1.165) is 11.1 Å². The molecule has 6 aromatic rings. The molecule has 1 unspecified atom stereocenters. The van der Waals surface area contributed by atoms with Gasteiger partial charge in [0.05, 0.1) is 58.1 Å². The molecular formula is C40H40FN7O6Si. The molecule has 0 bridgehead atoms. The topological polar surface area (TPSA) is 161 Å². The zero-order valence-corrected chi connectivity index (χ0v) is 31.5. The molecule has 4 heterocycles. The van der Waals surface area contributed by atoms with Gasteiger partial charge in [-0.2, -0.15) is 0 Å². The third kappa shape index (κ3) is 6.17. The van der Waals surface area contributed by atoms with Crippen molar-refractivity contribution >= 4 is 36.6 Å². The molecule has 0 aliphatic carbocycles. The lowest BCUT2D eigenvalue weighted by Crippen LogP contribution is -2.45. The van der Waals surface area contributed by atoms with Gasteiger partial charge in [-0.1, -0.05) is 66.7 Å². The number of aliphatic hydroxyl groups excluding tert-OH is 1. The normalized spacial score (nSPS) is 21.4. The number of ether oxygens (including phenoxy) is 1. The molecular weight excluding hydrogens is 722 g/mol. The molecule has 1 spiro atoms. The Balaban J connectivity index is 1.09. The lowest BCUT2D eigenvalue weighted by molar-refractivity contribution is -0.385. The number of carbonyl (C=O) groups excluding carboxylic acids is 1. The SMILES string of the molecule is C[C@H]1[C@H]([Si](C)(C)F)[C@@H](CCn2cc(C(CO)c3ccccc3)nn2)O[C@]12C(=O)N(Cc1ccc(-n3[nH]c4ccccc4c3=O)cc1)c1ccc([N+](=O)[O-])cc12. The number of anilines is 1. The number of benzene rings is 4. The van der Waals surface area contributed by atoms with E-state index in [4.69, 9.17) is 4.74 Å². The zero-order valence-electron chi connectivity index (χ0n) is 30.5. The van der Waals surface area contributed by atoms with Gasteiger partial charge in [0.1, 0.15) is 0 Å². The standard InChI is InChI=1S/C40H40FN7O6Si/c1-25-37(55(2,3)41)36(19-20-45-23-34(42-44-45)31(24-49)27-9-5-4-6-10-27)54-40(25)32-21-29(48(52)53)17-18-35(32)46(39(40)51)22-26-13-15-28(16-14-26)47-38(50)30-11-7-8-12-33(30)43-47/h4-18,21,23,25,31,36-37,43,49H,19-20,22,24H2,1-3H3/t25-,31?,36+,37-,40+/m0/s1. The Morgan fingerprint density at radius 3 is 2.45 bits per heavy atom. The maximum atomic E-state index is 16.5. The number of nitro benzene ring substituents is 1. The first-order chi connectivity index (χ1) is 26.4. The molecule has 8 rings (SSSR count). The Morgan fingerprint density at radius 1 is 1.04 bits per heavy atom. The van der Waals surface area contributed by atoms with E-state index < -0.39 is 42.4 Å². The second-order valence-corrected chi connectivity index (χ2v) is 18.7. The molecule has 4 aromatic carbocycles. The van der Waals surface area contributed by atoms with Crippen molar-refractivity contribution in [1.82, 2.24) is 24.8 Å². The maximum Gasteiger partial charge on any atom is 0.279 e. The number of aryl methyl sites for hydroxylation is 1. The van der Waals surface area contributed by atoms with Crippen LogP contribution in [0.15, 0.2) is 108 Å². The van der Waals surface area contributed by atoms with Crippen molar-refractivity contribution in [2.24, 2.45) is 5.92 Å². The highest BCUT2D eigenvalue weighted by Crippen LogP contribution is 2.60. The number of hydrogen-bond acceptors (Lipinski definition) is 8. The molecule has 2 aliphatic rings. The van der Waals surface area contributed by atoms with E-state index in [9.17, 15) is 24.8 Å². The monoisotopic (exact) mass is 761 g/mol. The molecule has 282 valence electrons. The Bertz CT molecular complexity index is 2460. The van der Waals surface area contributed by atoms with Crippen molar-refractivity contribution in [3.63, 3.8) is 0 Å². The zero-order chi connectivity index (χ0) is 38.6. The molecule has 2 aromatic heterocycles. The summed E-state index contributed by atoms with van der Waals surface area (Å²) < 4.78 is 26.4. The Hall–Kier alpha value is -5.77. The molecule has 13 nitrogen and oxygen atoms in total. The van der Waals surface area contributed by atoms with Crippen molar-refractivity contribution in [2.45, 2.75) is 62.7 Å². The number of para-hydroxylation sites is 1. The number of aromatic amines is 1. The van der Waals surface area contributed by atoms with Crippen LogP contribution in [-0.4, -0.2) is 61.8 Å². The molecule has 1 amide bonds. The summed E-state index contributed by atoms with van der Waals surface area (Å²) in [6.45, 7) is 5.29. The van der Waals surface area contributed by atoms with E-state index in [-0.39, 0.29) is 30.3 Å². The summed E-state index contributed by atoms with van der Waals surface area (Å²) in [5, 5.41) is 34.5. The number of H-pyrrole nitrogens is 1. The van der Waals surface area contributed by atoms with Crippen LogP contribution in [0.5, 0.6) is 0 Å². The minimum Gasteiger partial charge on any atom is -0.395 e. The van der Waals surface area contributed by atoms with Gasteiger partial charge in [0.25, 0.3) is 17.2 Å². The van der Waals surface area contributed by atoms with E-state index in [2.05, 4.69) is 15.4 Å². The first kappa shape index (κ1) is 36.2. The van der Waals surface area contributed by atoms with E-state index >= 15 is 4.11 Å². The molecule has 0 radical (unpaired) electrons. The molecule has 2 N–H and O–H groups in total. The highest BCUT2D eigenvalue weighted by atomic mass is 28.4. The summed E-state index contributed by atoms with van der Waals surface area (Å²) in [6.07, 6.45) is 1.36. The van der Waals surface area contributed by atoms with Gasteiger partial charge < -0.3 is 18.9 Å². The van der Waals surface area contributed by atoms with Crippen LogP contribution in [0, 0.1) is 16.0 Å². The number of aromatic nitrogens is 5. The highest BCUT2D eigenvalue weighted by Gasteiger charge is 2.66. The van der Waals surface area contributed by atoms with Crippen molar-refractivity contribution in [3.05, 3.63) is 146 Å². The van der Waals surface area contributed by atoms with E-state index in [1.54, 1.807) is 59.2 Å². The Morgan fingerprint density at radius 2 is 1.76 bits per heavy atom. The van der Waals surface area contributed by atoms with Gasteiger partial charge in [-0.3, -0.25) is 29.5 Å². The molecule has 1 fully saturated rings. The van der Waals surface area contributed by atoms with Gasteiger partial charge >= 0.3 is 0 Å². The number of fused-ring (bicyclic) bond motifs is 3. The maximum absolute atomic E-state index is 16.5. The number of hydrogen-bond donors (Lipinski definition) is 2. The van der Waals surface area contributed by atoms with E-state index in [1.165, 1.54) is 16.8 Å². The average molecular weight is 762 g/mol. The average Bonchev–Trinajstić information content (AvgIpc) is 3.92. The molecule has 1 saturated heterocycles. The van der Waals surface area contributed by atoms with Crippen molar-refractivity contribution in [2.75, 3.05) is 11.5 Å². The smallest absolute Gasteiger partial charge is 0.279 e. The molecule has 15 heteroatoms. The minimum absolute atomic E-state index is 0.115. The fourth-order valence-corrected chi connectivity index (χ4v) is 11.2. The van der Waals surface area contributed by atoms with Crippen LogP contribution in [0.3, 0.4) is 0 Å². The number of halogens is 1. The van der Waals surface area contributed by atoms with E-state index in [0.29, 0.717) is 46.5 Å². The van der Waals surface area contributed by atoms with Gasteiger partial charge in [-0.25, -0.2) is 4.68 Å². The largest absolute Gasteiger partial charge is 0.395 e. The van der Waals surface area contributed by atoms with Crippen LogP contribution in [0.4, 0.5) is 15.5 Å². The van der Waals surface area contributed by atoms with E-state index in [1.807, 2.05) is 61.5 Å². The molecule has 5 atom stereocenters. The fourth-order valence-electron chi connectivity index (χ4n) is 8.65. The fraction of sp³-hybridized carbons (Fsp3) is 0.300. The minimum atomic E-state index is -3.52. The first-order valence-corrected chi connectivity index (χ1v) is 21.2. The van der Waals surface area contributed by atoms with Crippen molar-refractivity contribution in [3.8, 4) is 5.69 Å². The lowest BCUT2D eigenvalue weighted by atomic mass is 9.82. The second kappa shape index (κ2) is 13.8. The third-order valence-electron chi connectivity index (χ3n) is 11.2. The second-order valence-electron chi connectivity index (χ2n) is 14.9. The highest BCUT2D eigenvalue weighted by molar-refractivity contribution is 6.72. The quantitative estimate of drug-likeness (QED) is 0.0668. The summed E-state index contributed by atoms with van der Waals surface area (Å²) in [4.78, 5) is 41.0. The first-order valence-electron chi connectivity index (χ1n) is 18.2.